The Labute approximate surface area is 62.4 Å². The lowest BCUT2D eigenvalue weighted by atomic mass is 10.0. The van der Waals surface area contributed by atoms with Crippen molar-refractivity contribution in [1.29, 1.82) is 0 Å². The van der Waals surface area contributed by atoms with Crippen molar-refractivity contribution in [1.82, 2.24) is 0 Å². The smallest absolute Gasteiger partial charge is 0.114 e. The van der Waals surface area contributed by atoms with Crippen LogP contribution in [-0.2, 0) is 0 Å². The Morgan fingerprint density at radius 3 is 2.60 bits per heavy atom. The van der Waals surface area contributed by atoms with Gasteiger partial charge in [0.05, 0.1) is 0 Å². The summed E-state index contributed by atoms with van der Waals surface area (Å²) in [5, 5.41) is 9.08. The highest BCUT2D eigenvalue weighted by atomic mass is 16.3. The first-order valence-electron chi connectivity index (χ1n) is 3.97. The highest BCUT2D eigenvalue weighted by molar-refractivity contribution is 4.94. The Balaban J connectivity index is 2.19. The summed E-state index contributed by atoms with van der Waals surface area (Å²) in [6, 6.07) is 0. The summed E-state index contributed by atoms with van der Waals surface area (Å²) in [6.45, 7) is 0. The minimum atomic E-state index is -0.497. The molecule has 1 aliphatic carbocycles. The van der Waals surface area contributed by atoms with Gasteiger partial charge in [-0.2, -0.15) is 0 Å². The van der Waals surface area contributed by atoms with Crippen molar-refractivity contribution < 1.29 is 5.11 Å². The molecule has 1 fully saturated rings. The summed E-state index contributed by atoms with van der Waals surface area (Å²) >= 11 is 0. The second-order valence-corrected chi connectivity index (χ2v) is 3.07. The zero-order chi connectivity index (χ0) is 7.40. The first-order valence-corrected chi connectivity index (χ1v) is 3.97. The highest BCUT2D eigenvalue weighted by Crippen LogP contribution is 2.28. The largest absolute Gasteiger partial charge is 0.380 e. The average Bonchev–Trinajstić information content (AvgIpc) is 2.40. The van der Waals surface area contributed by atoms with E-state index in [0.717, 1.165) is 6.42 Å². The number of rotatable bonds is 2. The number of aliphatic hydroxyl groups excluding tert-OH is 1. The van der Waals surface area contributed by atoms with Crippen LogP contribution in [0.3, 0.4) is 0 Å². The molecule has 0 heterocycles. The summed E-state index contributed by atoms with van der Waals surface area (Å²) in [4.78, 5) is 0. The minimum absolute atomic E-state index is 0.497. The Bertz CT molecular complexity index is 128. The second kappa shape index (κ2) is 3.63. The van der Waals surface area contributed by atoms with Crippen LogP contribution in [0.4, 0.5) is 0 Å². The SMILES string of the molecule is C#CC(O)CC1CCCC1. The summed E-state index contributed by atoms with van der Waals surface area (Å²) < 4.78 is 0. The number of terminal acetylenes is 1. The first kappa shape index (κ1) is 7.63. The van der Waals surface area contributed by atoms with Gasteiger partial charge < -0.3 is 5.11 Å². The molecular weight excluding hydrogens is 124 g/mol. The monoisotopic (exact) mass is 138 g/mol. The maximum Gasteiger partial charge on any atom is 0.114 e. The Hall–Kier alpha value is -0.480. The van der Waals surface area contributed by atoms with Crippen LogP contribution in [0.1, 0.15) is 32.1 Å². The molecule has 1 N–H and O–H groups in total. The quantitative estimate of drug-likeness (QED) is 0.574. The lowest BCUT2D eigenvalue weighted by molar-refractivity contribution is 0.196. The molecule has 1 saturated carbocycles. The molecule has 0 amide bonds. The molecule has 1 nitrogen and oxygen atoms in total. The van der Waals surface area contributed by atoms with E-state index in [1.807, 2.05) is 0 Å². The van der Waals surface area contributed by atoms with E-state index in [0.29, 0.717) is 5.92 Å². The van der Waals surface area contributed by atoms with Crippen molar-refractivity contribution in [3.8, 4) is 12.3 Å². The van der Waals surface area contributed by atoms with Crippen molar-refractivity contribution in [3.05, 3.63) is 0 Å². The third kappa shape index (κ3) is 2.04. The van der Waals surface area contributed by atoms with Gasteiger partial charge in [-0.05, 0) is 12.3 Å². The lowest BCUT2D eigenvalue weighted by Crippen LogP contribution is -2.08. The number of hydrogen-bond donors (Lipinski definition) is 1. The number of aliphatic hydroxyl groups is 1. The molecule has 56 valence electrons. The summed E-state index contributed by atoms with van der Waals surface area (Å²) in [5.41, 5.74) is 0. The van der Waals surface area contributed by atoms with E-state index in [1.165, 1.54) is 25.7 Å². The van der Waals surface area contributed by atoms with Gasteiger partial charge in [-0.15, -0.1) is 6.42 Å². The van der Waals surface area contributed by atoms with Gasteiger partial charge in [0, 0.05) is 0 Å². The van der Waals surface area contributed by atoms with E-state index in [4.69, 9.17) is 11.5 Å². The van der Waals surface area contributed by atoms with Crippen LogP contribution in [0.2, 0.25) is 0 Å². The maximum atomic E-state index is 9.08. The standard InChI is InChI=1S/C9H14O/c1-2-9(10)7-8-5-3-4-6-8/h1,8-10H,3-7H2. The van der Waals surface area contributed by atoms with Crippen LogP contribution >= 0.6 is 0 Å². The van der Waals surface area contributed by atoms with Gasteiger partial charge in [0.15, 0.2) is 0 Å². The molecule has 0 aliphatic heterocycles. The molecule has 1 rings (SSSR count). The van der Waals surface area contributed by atoms with Crippen molar-refractivity contribution in [2.75, 3.05) is 0 Å². The molecule has 0 aromatic heterocycles. The van der Waals surface area contributed by atoms with Crippen LogP contribution in [0.15, 0.2) is 0 Å². The average molecular weight is 138 g/mol. The summed E-state index contributed by atoms with van der Waals surface area (Å²) in [5.74, 6) is 3.05. The highest BCUT2D eigenvalue weighted by Gasteiger charge is 2.17. The molecule has 0 saturated heterocycles. The Morgan fingerprint density at radius 1 is 1.50 bits per heavy atom. The molecule has 1 heteroatoms. The fraction of sp³-hybridized carbons (Fsp3) is 0.778. The molecule has 0 aromatic rings. The molecule has 1 aliphatic rings. The van der Waals surface area contributed by atoms with Crippen molar-refractivity contribution in [2.45, 2.75) is 38.2 Å². The molecule has 1 atom stereocenters. The second-order valence-electron chi connectivity index (χ2n) is 3.07. The van der Waals surface area contributed by atoms with Crippen LogP contribution in [0.5, 0.6) is 0 Å². The van der Waals surface area contributed by atoms with Crippen LogP contribution in [0, 0.1) is 18.3 Å². The predicted molar refractivity (Wildman–Crippen MR) is 41.4 cm³/mol. The van der Waals surface area contributed by atoms with E-state index in [2.05, 4.69) is 5.92 Å². The van der Waals surface area contributed by atoms with Gasteiger partial charge in [-0.25, -0.2) is 0 Å². The first-order chi connectivity index (χ1) is 4.83. The Kier molecular flexibility index (Phi) is 2.77. The molecule has 10 heavy (non-hydrogen) atoms. The van der Waals surface area contributed by atoms with E-state index in [1.54, 1.807) is 0 Å². The molecule has 0 aromatic carbocycles. The van der Waals surface area contributed by atoms with Crippen LogP contribution < -0.4 is 0 Å². The molecule has 0 bridgehead atoms. The topological polar surface area (TPSA) is 20.2 Å². The van der Waals surface area contributed by atoms with Crippen LogP contribution in [0.25, 0.3) is 0 Å². The van der Waals surface area contributed by atoms with E-state index < -0.39 is 6.10 Å². The zero-order valence-corrected chi connectivity index (χ0v) is 6.21. The lowest BCUT2D eigenvalue weighted by Gasteiger charge is -2.09. The number of hydrogen-bond acceptors (Lipinski definition) is 1. The Morgan fingerprint density at radius 2 is 2.10 bits per heavy atom. The molecule has 0 spiro atoms. The van der Waals surface area contributed by atoms with Crippen molar-refractivity contribution >= 4 is 0 Å². The zero-order valence-electron chi connectivity index (χ0n) is 6.21. The molecule has 0 radical (unpaired) electrons. The van der Waals surface area contributed by atoms with E-state index in [9.17, 15) is 0 Å². The van der Waals surface area contributed by atoms with Crippen molar-refractivity contribution in [3.63, 3.8) is 0 Å². The van der Waals surface area contributed by atoms with Crippen LogP contribution in [-0.4, -0.2) is 11.2 Å². The summed E-state index contributed by atoms with van der Waals surface area (Å²) in [6.07, 6.45) is 10.5. The third-order valence-corrected chi connectivity index (χ3v) is 2.22. The van der Waals surface area contributed by atoms with Gasteiger partial charge in [0.1, 0.15) is 6.10 Å². The maximum absolute atomic E-state index is 9.08. The van der Waals surface area contributed by atoms with Gasteiger partial charge in [0.2, 0.25) is 0 Å². The van der Waals surface area contributed by atoms with Gasteiger partial charge in [-0.3, -0.25) is 0 Å². The van der Waals surface area contributed by atoms with Gasteiger partial charge in [-0.1, -0.05) is 31.6 Å². The third-order valence-electron chi connectivity index (χ3n) is 2.22. The van der Waals surface area contributed by atoms with E-state index >= 15 is 0 Å². The van der Waals surface area contributed by atoms with Gasteiger partial charge >= 0.3 is 0 Å². The molecule has 1 unspecified atom stereocenters. The fourth-order valence-electron chi connectivity index (χ4n) is 1.63. The molecular formula is C9H14O. The summed E-state index contributed by atoms with van der Waals surface area (Å²) in [7, 11) is 0. The van der Waals surface area contributed by atoms with E-state index in [-0.39, 0.29) is 0 Å². The van der Waals surface area contributed by atoms with Crippen molar-refractivity contribution in [2.24, 2.45) is 5.92 Å². The van der Waals surface area contributed by atoms with Gasteiger partial charge in [0.25, 0.3) is 0 Å². The predicted octanol–water partition coefficient (Wildman–Crippen LogP) is 1.56. The minimum Gasteiger partial charge on any atom is -0.380 e. The normalized spacial score (nSPS) is 22.4. The fourth-order valence-corrected chi connectivity index (χ4v) is 1.63.